The van der Waals surface area contributed by atoms with Gasteiger partial charge in [0.2, 0.25) is 5.91 Å². The quantitative estimate of drug-likeness (QED) is 0.360. The Bertz CT molecular complexity index is 1000. The van der Waals surface area contributed by atoms with Crippen molar-refractivity contribution in [3.8, 4) is 0 Å². The van der Waals surface area contributed by atoms with Crippen LogP contribution in [0.15, 0.2) is 60.7 Å². The van der Waals surface area contributed by atoms with Crippen LogP contribution in [0.1, 0.15) is 45.2 Å². The van der Waals surface area contributed by atoms with Gasteiger partial charge in [-0.2, -0.15) is 0 Å². The van der Waals surface area contributed by atoms with Crippen molar-refractivity contribution < 1.29 is 33.4 Å². The fourth-order valence-electron chi connectivity index (χ4n) is 3.18. The van der Waals surface area contributed by atoms with E-state index in [2.05, 4.69) is 10.6 Å². The summed E-state index contributed by atoms with van der Waals surface area (Å²) in [6.45, 7) is 6.82. The number of esters is 2. The Kier molecular flexibility index (Phi) is 10.9. The molecule has 2 rings (SSSR count). The Hall–Kier alpha value is -3.88. The molecule has 194 valence electrons. The van der Waals surface area contributed by atoms with Gasteiger partial charge in [0.25, 0.3) is 0 Å². The first-order chi connectivity index (χ1) is 17.1. The third-order valence-corrected chi connectivity index (χ3v) is 4.79. The average Bonchev–Trinajstić information content (AvgIpc) is 2.82. The van der Waals surface area contributed by atoms with E-state index in [0.29, 0.717) is 0 Å². The maximum absolute atomic E-state index is 13.2. The fraction of sp³-hybridized carbons (Fsp3) is 0.407. The largest absolute Gasteiger partial charge is 0.464 e. The minimum absolute atomic E-state index is 0.0138. The lowest BCUT2D eigenvalue weighted by Crippen LogP contribution is -2.53. The number of ether oxygens (including phenoxy) is 3. The van der Waals surface area contributed by atoms with Crippen LogP contribution < -0.4 is 10.6 Å². The Morgan fingerprint density at radius 3 is 1.94 bits per heavy atom. The topological polar surface area (TPSA) is 120 Å². The van der Waals surface area contributed by atoms with E-state index in [4.69, 9.17) is 14.2 Å². The van der Waals surface area contributed by atoms with Gasteiger partial charge in [0.05, 0.1) is 13.0 Å². The van der Waals surface area contributed by atoms with Crippen molar-refractivity contribution in [3.63, 3.8) is 0 Å². The van der Waals surface area contributed by atoms with Crippen LogP contribution in [0.5, 0.6) is 0 Å². The van der Waals surface area contributed by atoms with Crippen LogP contribution in [0.25, 0.3) is 0 Å². The number of carbonyl (C=O) groups is 4. The van der Waals surface area contributed by atoms with Crippen LogP contribution in [-0.4, -0.2) is 48.2 Å². The zero-order valence-corrected chi connectivity index (χ0v) is 21.1. The summed E-state index contributed by atoms with van der Waals surface area (Å²) in [6, 6.07) is 15.8. The second kappa shape index (κ2) is 13.9. The van der Waals surface area contributed by atoms with Crippen LogP contribution in [0, 0.1) is 0 Å². The van der Waals surface area contributed by atoms with E-state index in [0.717, 1.165) is 11.1 Å². The molecule has 0 unspecified atom stereocenters. The maximum Gasteiger partial charge on any atom is 0.408 e. The molecule has 0 bridgehead atoms. The van der Waals surface area contributed by atoms with E-state index >= 15 is 0 Å². The van der Waals surface area contributed by atoms with Crippen LogP contribution >= 0.6 is 0 Å². The summed E-state index contributed by atoms with van der Waals surface area (Å²) in [4.78, 5) is 50.6. The van der Waals surface area contributed by atoms with Crippen LogP contribution in [-0.2, 0) is 41.6 Å². The van der Waals surface area contributed by atoms with Crippen LogP contribution in [0.2, 0.25) is 0 Å². The standard InChI is InChI=1S/C27H34N2O7/c1-5-34-25(32)22(16-19-12-8-6-9-13-19)28-24(31)21(29-26(33)36-27(2,3)4)17-23(30)35-18-20-14-10-7-11-15-20/h6-15,21-22H,5,16-18H2,1-4H3,(H,28,31)(H,29,33)/t21-,22-/m0/s1. The van der Waals surface area contributed by atoms with E-state index in [1.165, 1.54) is 0 Å². The number of nitrogens with one attached hydrogen (secondary N) is 2. The van der Waals surface area contributed by atoms with E-state index in [1.807, 2.05) is 48.5 Å². The third-order valence-electron chi connectivity index (χ3n) is 4.79. The van der Waals surface area contributed by atoms with Crippen molar-refractivity contribution in [2.24, 2.45) is 0 Å². The molecule has 0 aliphatic heterocycles. The highest BCUT2D eigenvalue weighted by molar-refractivity contribution is 5.92. The Morgan fingerprint density at radius 1 is 0.806 bits per heavy atom. The number of amides is 2. The second-order valence-electron chi connectivity index (χ2n) is 9.05. The number of alkyl carbamates (subject to hydrolysis) is 1. The predicted molar refractivity (Wildman–Crippen MR) is 133 cm³/mol. The van der Waals surface area contributed by atoms with Gasteiger partial charge in [0.15, 0.2) is 0 Å². The van der Waals surface area contributed by atoms with Crippen molar-refractivity contribution in [2.45, 2.75) is 64.8 Å². The molecule has 2 aromatic rings. The molecule has 2 aromatic carbocycles. The van der Waals surface area contributed by atoms with Gasteiger partial charge >= 0.3 is 18.0 Å². The number of hydrogen-bond donors (Lipinski definition) is 2. The normalized spacial score (nSPS) is 12.6. The lowest BCUT2D eigenvalue weighted by atomic mass is 10.0. The highest BCUT2D eigenvalue weighted by atomic mass is 16.6. The number of rotatable bonds is 11. The van der Waals surface area contributed by atoms with Gasteiger partial charge in [0, 0.05) is 6.42 Å². The first kappa shape index (κ1) is 28.4. The van der Waals surface area contributed by atoms with Gasteiger partial charge in [-0.25, -0.2) is 9.59 Å². The minimum Gasteiger partial charge on any atom is -0.464 e. The molecule has 2 N–H and O–H groups in total. The molecule has 0 radical (unpaired) electrons. The lowest BCUT2D eigenvalue weighted by molar-refractivity contribution is -0.148. The molecule has 36 heavy (non-hydrogen) atoms. The summed E-state index contributed by atoms with van der Waals surface area (Å²) in [5.74, 6) is -2.07. The number of hydrogen-bond acceptors (Lipinski definition) is 7. The molecule has 0 heterocycles. The smallest absolute Gasteiger partial charge is 0.408 e. The highest BCUT2D eigenvalue weighted by Crippen LogP contribution is 2.10. The monoisotopic (exact) mass is 498 g/mol. The van der Waals surface area contributed by atoms with Gasteiger partial charge in [-0.05, 0) is 38.8 Å². The summed E-state index contributed by atoms with van der Waals surface area (Å²) in [5.41, 5.74) is 0.756. The van der Waals surface area contributed by atoms with E-state index in [-0.39, 0.29) is 19.6 Å². The summed E-state index contributed by atoms with van der Waals surface area (Å²) >= 11 is 0. The lowest BCUT2D eigenvalue weighted by Gasteiger charge is -2.24. The molecule has 0 aliphatic rings. The molecular formula is C27H34N2O7. The van der Waals surface area contributed by atoms with Crippen molar-refractivity contribution in [1.82, 2.24) is 10.6 Å². The molecule has 0 saturated carbocycles. The molecule has 9 heteroatoms. The van der Waals surface area contributed by atoms with Crippen molar-refractivity contribution in [1.29, 1.82) is 0 Å². The second-order valence-corrected chi connectivity index (χ2v) is 9.05. The Balaban J connectivity index is 2.14. The van der Waals surface area contributed by atoms with Crippen molar-refractivity contribution in [2.75, 3.05) is 6.61 Å². The van der Waals surface area contributed by atoms with Gasteiger partial charge in [-0.15, -0.1) is 0 Å². The minimum atomic E-state index is -1.34. The average molecular weight is 499 g/mol. The van der Waals surface area contributed by atoms with Crippen LogP contribution in [0.4, 0.5) is 4.79 Å². The molecule has 0 spiro atoms. The van der Waals surface area contributed by atoms with E-state index in [1.54, 1.807) is 39.8 Å². The summed E-state index contributed by atoms with van der Waals surface area (Å²) in [7, 11) is 0. The molecule has 2 amide bonds. The Labute approximate surface area is 211 Å². The van der Waals surface area contributed by atoms with Crippen molar-refractivity contribution >= 4 is 23.9 Å². The molecule has 0 saturated heterocycles. The first-order valence-corrected chi connectivity index (χ1v) is 11.8. The van der Waals surface area contributed by atoms with E-state index in [9.17, 15) is 19.2 Å². The SMILES string of the molecule is CCOC(=O)[C@H](Cc1ccccc1)NC(=O)[C@H](CC(=O)OCc1ccccc1)NC(=O)OC(C)(C)C. The fourth-order valence-corrected chi connectivity index (χ4v) is 3.18. The summed E-state index contributed by atoms with van der Waals surface area (Å²) < 4.78 is 15.6. The van der Waals surface area contributed by atoms with Gasteiger partial charge in [-0.1, -0.05) is 60.7 Å². The zero-order chi connectivity index (χ0) is 26.6. The number of benzene rings is 2. The third kappa shape index (κ3) is 10.6. The Morgan fingerprint density at radius 2 is 1.39 bits per heavy atom. The molecule has 9 nitrogen and oxygen atoms in total. The van der Waals surface area contributed by atoms with Gasteiger partial charge < -0.3 is 24.8 Å². The molecule has 0 aliphatic carbocycles. The molecule has 0 aromatic heterocycles. The summed E-state index contributed by atoms with van der Waals surface area (Å²) in [6.07, 6.45) is -1.17. The first-order valence-electron chi connectivity index (χ1n) is 11.8. The van der Waals surface area contributed by atoms with Crippen LogP contribution in [0.3, 0.4) is 0 Å². The van der Waals surface area contributed by atoms with Gasteiger partial charge in [-0.3, -0.25) is 9.59 Å². The summed E-state index contributed by atoms with van der Waals surface area (Å²) in [5, 5.41) is 5.02. The predicted octanol–water partition coefficient (Wildman–Crippen LogP) is 3.30. The molecule has 0 fully saturated rings. The molecular weight excluding hydrogens is 464 g/mol. The highest BCUT2D eigenvalue weighted by Gasteiger charge is 2.31. The maximum atomic E-state index is 13.2. The van der Waals surface area contributed by atoms with Gasteiger partial charge in [0.1, 0.15) is 24.3 Å². The number of carbonyl (C=O) groups excluding carboxylic acids is 4. The van der Waals surface area contributed by atoms with Crippen molar-refractivity contribution in [3.05, 3.63) is 71.8 Å². The molecule has 2 atom stereocenters. The van der Waals surface area contributed by atoms with E-state index < -0.39 is 48.0 Å². The zero-order valence-electron chi connectivity index (χ0n) is 21.1.